The molecule has 1 N–H and O–H groups in total. The van der Waals surface area contributed by atoms with E-state index in [1.165, 1.54) is 0 Å². The Morgan fingerprint density at radius 2 is 2.19 bits per heavy atom. The Morgan fingerprint density at radius 3 is 2.81 bits per heavy atom. The van der Waals surface area contributed by atoms with Crippen molar-refractivity contribution in [2.24, 2.45) is 0 Å². The maximum atomic E-state index is 5.69. The third-order valence-electron chi connectivity index (χ3n) is 1.93. The number of ether oxygens (including phenoxy) is 1. The molecule has 0 saturated carbocycles. The van der Waals surface area contributed by atoms with Crippen LogP contribution in [0.2, 0.25) is 0 Å². The Bertz CT molecular complexity index is 318. The quantitative estimate of drug-likeness (QED) is 0.828. The maximum Gasteiger partial charge on any atom is 0.168 e. The number of hydrogen-bond acceptors (Lipinski definition) is 4. The first-order valence-corrected chi connectivity index (χ1v) is 6.90. The van der Waals surface area contributed by atoms with Crippen molar-refractivity contribution < 1.29 is 4.74 Å². The van der Waals surface area contributed by atoms with E-state index in [2.05, 4.69) is 23.5 Å². The molecular weight excluding hydrogens is 220 g/mol. The van der Waals surface area contributed by atoms with E-state index in [1.54, 1.807) is 6.20 Å². The van der Waals surface area contributed by atoms with Crippen LogP contribution in [0.5, 0.6) is 5.75 Å². The van der Waals surface area contributed by atoms with E-state index >= 15 is 0 Å². The molecule has 1 unspecified atom stereocenters. The van der Waals surface area contributed by atoms with E-state index in [0.717, 1.165) is 17.3 Å². The summed E-state index contributed by atoms with van der Waals surface area (Å²) in [6, 6.07) is 4.22. The van der Waals surface area contributed by atoms with E-state index in [0.29, 0.717) is 6.04 Å². The first-order chi connectivity index (χ1) is 7.63. The van der Waals surface area contributed by atoms with Crippen LogP contribution >= 0.6 is 11.8 Å². The summed E-state index contributed by atoms with van der Waals surface area (Å²) in [4.78, 5) is 4.31. The van der Waals surface area contributed by atoms with Gasteiger partial charge < -0.3 is 10.1 Å². The number of aromatic nitrogens is 1. The molecule has 0 aliphatic heterocycles. The lowest BCUT2D eigenvalue weighted by atomic mass is 10.3. The molecule has 0 radical (unpaired) electrons. The van der Waals surface area contributed by atoms with Gasteiger partial charge in [-0.15, -0.1) is 0 Å². The van der Waals surface area contributed by atoms with Crippen LogP contribution < -0.4 is 10.1 Å². The first-order valence-electron chi connectivity index (χ1n) is 5.50. The SMILES string of the molecule is CSCC(C)Nc1ncccc1OC(C)C. The number of thioether (sulfide) groups is 1. The van der Waals surface area contributed by atoms with Gasteiger partial charge in [0.25, 0.3) is 0 Å². The van der Waals surface area contributed by atoms with Gasteiger partial charge in [0.2, 0.25) is 0 Å². The molecule has 0 amide bonds. The number of rotatable bonds is 6. The number of nitrogens with one attached hydrogen (secondary N) is 1. The van der Waals surface area contributed by atoms with Gasteiger partial charge in [0.1, 0.15) is 0 Å². The molecule has 90 valence electrons. The highest BCUT2D eigenvalue weighted by molar-refractivity contribution is 7.98. The predicted octanol–water partition coefficient (Wildman–Crippen LogP) is 3.03. The second-order valence-electron chi connectivity index (χ2n) is 4.02. The standard InChI is InChI=1S/C12H20N2OS/c1-9(2)15-11-6-5-7-13-12(11)14-10(3)8-16-4/h5-7,9-10H,8H2,1-4H3,(H,13,14). The Balaban J connectivity index is 2.70. The van der Waals surface area contributed by atoms with Gasteiger partial charge in [0.05, 0.1) is 6.10 Å². The highest BCUT2D eigenvalue weighted by Crippen LogP contribution is 2.23. The van der Waals surface area contributed by atoms with E-state index in [9.17, 15) is 0 Å². The summed E-state index contributed by atoms with van der Waals surface area (Å²) >= 11 is 1.82. The highest BCUT2D eigenvalue weighted by atomic mass is 32.2. The van der Waals surface area contributed by atoms with E-state index in [-0.39, 0.29) is 6.10 Å². The molecule has 3 nitrogen and oxygen atoms in total. The second kappa shape index (κ2) is 6.63. The van der Waals surface area contributed by atoms with E-state index < -0.39 is 0 Å². The molecule has 0 aliphatic rings. The molecular formula is C12H20N2OS. The van der Waals surface area contributed by atoms with Crippen LogP contribution in [-0.4, -0.2) is 29.1 Å². The summed E-state index contributed by atoms with van der Waals surface area (Å²) < 4.78 is 5.69. The number of nitrogens with zero attached hydrogens (tertiary/aromatic N) is 1. The minimum absolute atomic E-state index is 0.167. The summed E-state index contributed by atoms with van der Waals surface area (Å²) in [5, 5.41) is 3.36. The summed E-state index contributed by atoms with van der Waals surface area (Å²) in [5.41, 5.74) is 0. The second-order valence-corrected chi connectivity index (χ2v) is 4.93. The van der Waals surface area contributed by atoms with Crippen molar-refractivity contribution in [3.8, 4) is 5.75 Å². The van der Waals surface area contributed by atoms with Crippen molar-refractivity contribution in [1.82, 2.24) is 4.98 Å². The van der Waals surface area contributed by atoms with Crippen LogP contribution in [0.15, 0.2) is 18.3 Å². The molecule has 16 heavy (non-hydrogen) atoms. The third kappa shape index (κ3) is 4.31. The number of anilines is 1. The van der Waals surface area contributed by atoms with Crippen LogP contribution in [0.4, 0.5) is 5.82 Å². The molecule has 0 aliphatic carbocycles. The molecule has 1 aromatic heterocycles. The summed E-state index contributed by atoms with van der Waals surface area (Å²) in [7, 11) is 0. The smallest absolute Gasteiger partial charge is 0.168 e. The molecule has 1 aromatic rings. The van der Waals surface area contributed by atoms with Crippen LogP contribution in [0.3, 0.4) is 0 Å². The number of pyridine rings is 1. The van der Waals surface area contributed by atoms with Crippen molar-refractivity contribution in [2.45, 2.75) is 32.9 Å². The van der Waals surface area contributed by atoms with Gasteiger partial charge in [-0.2, -0.15) is 11.8 Å². The van der Waals surface area contributed by atoms with Gasteiger partial charge in [0, 0.05) is 18.0 Å². The molecule has 1 rings (SSSR count). The van der Waals surface area contributed by atoms with Crippen molar-refractivity contribution >= 4 is 17.6 Å². The molecule has 4 heteroatoms. The molecule has 1 heterocycles. The summed E-state index contributed by atoms with van der Waals surface area (Å²) in [5.74, 6) is 2.71. The minimum atomic E-state index is 0.167. The fourth-order valence-corrected chi connectivity index (χ4v) is 1.96. The van der Waals surface area contributed by atoms with Crippen LogP contribution in [0.25, 0.3) is 0 Å². The lowest BCUT2D eigenvalue weighted by Gasteiger charge is -2.17. The van der Waals surface area contributed by atoms with E-state index in [4.69, 9.17) is 4.74 Å². The normalized spacial score (nSPS) is 12.6. The zero-order valence-electron chi connectivity index (χ0n) is 10.4. The number of hydrogen-bond donors (Lipinski definition) is 1. The Hall–Kier alpha value is -0.900. The third-order valence-corrected chi connectivity index (χ3v) is 2.77. The van der Waals surface area contributed by atoms with Crippen molar-refractivity contribution in [3.05, 3.63) is 18.3 Å². The zero-order chi connectivity index (χ0) is 12.0. The van der Waals surface area contributed by atoms with Gasteiger partial charge in [0.15, 0.2) is 11.6 Å². The van der Waals surface area contributed by atoms with Crippen LogP contribution in [0, 0.1) is 0 Å². The minimum Gasteiger partial charge on any atom is -0.487 e. The van der Waals surface area contributed by atoms with Crippen molar-refractivity contribution in [1.29, 1.82) is 0 Å². The molecule has 0 saturated heterocycles. The van der Waals surface area contributed by atoms with Gasteiger partial charge in [-0.3, -0.25) is 0 Å². The fourth-order valence-electron chi connectivity index (χ4n) is 1.37. The van der Waals surface area contributed by atoms with Gasteiger partial charge >= 0.3 is 0 Å². The predicted molar refractivity (Wildman–Crippen MR) is 71.5 cm³/mol. The van der Waals surface area contributed by atoms with Crippen LogP contribution in [-0.2, 0) is 0 Å². The maximum absolute atomic E-state index is 5.69. The molecule has 0 fully saturated rings. The lowest BCUT2D eigenvalue weighted by molar-refractivity contribution is 0.243. The van der Waals surface area contributed by atoms with Gasteiger partial charge in [-0.25, -0.2) is 4.98 Å². The Kier molecular flexibility index (Phi) is 5.46. The molecule has 0 bridgehead atoms. The van der Waals surface area contributed by atoms with Crippen molar-refractivity contribution in [3.63, 3.8) is 0 Å². The highest BCUT2D eigenvalue weighted by Gasteiger charge is 2.08. The van der Waals surface area contributed by atoms with Gasteiger partial charge in [-0.1, -0.05) is 0 Å². The molecule has 1 atom stereocenters. The lowest BCUT2D eigenvalue weighted by Crippen LogP contribution is -2.19. The topological polar surface area (TPSA) is 34.2 Å². The summed E-state index contributed by atoms with van der Waals surface area (Å²) in [6.45, 7) is 6.18. The summed E-state index contributed by atoms with van der Waals surface area (Å²) in [6.07, 6.45) is 4.05. The Labute approximate surface area is 102 Å². The van der Waals surface area contributed by atoms with Gasteiger partial charge in [-0.05, 0) is 39.2 Å². The van der Waals surface area contributed by atoms with Crippen LogP contribution in [0.1, 0.15) is 20.8 Å². The Morgan fingerprint density at radius 1 is 1.44 bits per heavy atom. The fraction of sp³-hybridized carbons (Fsp3) is 0.583. The largest absolute Gasteiger partial charge is 0.487 e. The van der Waals surface area contributed by atoms with E-state index in [1.807, 2.05) is 37.7 Å². The molecule has 0 spiro atoms. The monoisotopic (exact) mass is 240 g/mol. The average molecular weight is 240 g/mol. The average Bonchev–Trinajstić information content (AvgIpc) is 2.20. The first kappa shape index (κ1) is 13.2. The zero-order valence-corrected chi connectivity index (χ0v) is 11.2. The van der Waals surface area contributed by atoms with Crippen molar-refractivity contribution in [2.75, 3.05) is 17.3 Å². The molecule has 0 aromatic carbocycles.